The SMILES string of the molecule is Cc1noc(C)c1-c1cnc2c(-c3ccc(C(=O)O)cc3C#CC3CC3)cn(C(C)c3ccccn3)c2c1. The molecule has 1 aliphatic carbocycles. The lowest BCUT2D eigenvalue weighted by Crippen LogP contribution is -2.07. The monoisotopic (exact) mass is 502 g/mol. The van der Waals surface area contributed by atoms with Crippen LogP contribution in [-0.2, 0) is 0 Å². The second-order valence-electron chi connectivity index (χ2n) is 9.78. The topological polar surface area (TPSA) is 94.0 Å². The molecule has 1 fully saturated rings. The lowest BCUT2D eigenvalue weighted by Gasteiger charge is -2.15. The summed E-state index contributed by atoms with van der Waals surface area (Å²) in [6.07, 6.45) is 7.89. The van der Waals surface area contributed by atoms with Crippen LogP contribution in [0.3, 0.4) is 0 Å². The van der Waals surface area contributed by atoms with Crippen LogP contribution in [0.2, 0.25) is 0 Å². The number of benzene rings is 1. The van der Waals surface area contributed by atoms with Gasteiger partial charge in [0.1, 0.15) is 5.76 Å². The lowest BCUT2D eigenvalue weighted by atomic mass is 9.98. The molecule has 0 saturated heterocycles. The van der Waals surface area contributed by atoms with Gasteiger partial charge in [-0.3, -0.25) is 9.97 Å². The lowest BCUT2D eigenvalue weighted by molar-refractivity contribution is 0.0697. The van der Waals surface area contributed by atoms with Crippen LogP contribution in [0.4, 0.5) is 0 Å². The minimum Gasteiger partial charge on any atom is -0.478 e. The first-order valence-corrected chi connectivity index (χ1v) is 12.6. The van der Waals surface area contributed by atoms with Crippen molar-refractivity contribution in [1.82, 2.24) is 19.7 Å². The maximum absolute atomic E-state index is 11.7. The third-order valence-electron chi connectivity index (χ3n) is 7.07. The molecule has 0 amide bonds. The molecule has 4 heterocycles. The van der Waals surface area contributed by atoms with E-state index in [1.54, 1.807) is 18.3 Å². The Bertz CT molecular complexity index is 1730. The number of carbonyl (C=O) groups is 1. The number of carboxylic acids is 1. The Hall–Kier alpha value is -4.70. The standard InChI is InChI=1S/C31H26N4O3/c1-18-29(20(3)38-34-18)24-15-28-30(33-16-24)26(17-35(28)19(2)27-6-4-5-13-32-27)25-12-11-23(31(36)37)14-22(25)10-9-21-7-8-21/h4-6,11-17,19,21H,7-8H2,1-3H3,(H,36,37). The number of fused-ring (bicyclic) bond motifs is 1. The Morgan fingerprint density at radius 2 is 1.97 bits per heavy atom. The van der Waals surface area contributed by atoms with E-state index in [2.05, 4.69) is 45.7 Å². The molecule has 6 rings (SSSR count). The second kappa shape index (κ2) is 9.31. The minimum absolute atomic E-state index is 0.0755. The smallest absolute Gasteiger partial charge is 0.335 e. The van der Waals surface area contributed by atoms with Crippen molar-refractivity contribution < 1.29 is 14.4 Å². The molecular formula is C31H26N4O3. The summed E-state index contributed by atoms with van der Waals surface area (Å²) >= 11 is 0. The summed E-state index contributed by atoms with van der Waals surface area (Å²) in [5.41, 5.74) is 7.98. The molecule has 1 atom stereocenters. The summed E-state index contributed by atoms with van der Waals surface area (Å²) in [5.74, 6) is 6.72. The molecule has 7 heteroatoms. The summed E-state index contributed by atoms with van der Waals surface area (Å²) < 4.78 is 7.59. The molecule has 0 aliphatic heterocycles. The average molecular weight is 503 g/mol. The molecule has 5 aromatic rings. The Morgan fingerprint density at radius 1 is 1.13 bits per heavy atom. The van der Waals surface area contributed by atoms with Gasteiger partial charge in [0.25, 0.3) is 0 Å². The second-order valence-corrected chi connectivity index (χ2v) is 9.78. The summed E-state index contributed by atoms with van der Waals surface area (Å²) in [4.78, 5) is 21.3. The van der Waals surface area contributed by atoms with Gasteiger partial charge in [0.15, 0.2) is 0 Å². The van der Waals surface area contributed by atoms with E-state index >= 15 is 0 Å². The van der Waals surface area contributed by atoms with Crippen LogP contribution in [0, 0.1) is 31.6 Å². The third-order valence-corrected chi connectivity index (χ3v) is 7.07. The van der Waals surface area contributed by atoms with E-state index in [9.17, 15) is 9.90 Å². The predicted molar refractivity (Wildman–Crippen MR) is 145 cm³/mol. The van der Waals surface area contributed by atoms with Crippen LogP contribution in [0.25, 0.3) is 33.3 Å². The molecule has 4 aromatic heterocycles. The molecule has 0 radical (unpaired) electrons. The molecule has 1 aliphatic rings. The fourth-order valence-corrected chi connectivity index (χ4v) is 4.87. The van der Waals surface area contributed by atoms with Gasteiger partial charge in [0.05, 0.1) is 34.0 Å². The number of aromatic carboxylic acids is 1. The minimum atomic E-state index is -0.973. The van der Waals surface area contributed by atoms with E-state index in [-0.39, 0.29) is 11.6 Å². The van der Waals surface area contributed by atoms with Gasteiger partial charge >= 0.3 is 5.97 Å². The van der Waals surface area contributed by atoms with Gasteiger partial charge in [-0.05, 0) is 63.9 Å². The number of hydrogen-bond acceptors (Lipinski definition) is 5. The maximum Gasteiger partial charge on any atom is 0.335 e. The highest BCUT2D eigenvalue weighted by Gasteiger charge is 2.22. The maximum atomic E-state index is 11.7. The zero-order valence-corrected chi connectivity index (χ0v) is 21.4. The summed E-state index contributed by atoms with van der Waals surface area (Å²) in [6.45, 7) is 5.93. The normalized spacial score (nSPS) is 13.8. The summed E-state index contributed by atoms with van der Waals surface area (Å²) in [7, 11) is 0. The first-order valence-electron chi connectivity index (χ1n) is 12.6. The predicted octanol–water partition coefficient (Wildman–Crippen LogP) is 6.44. The molecule has 1 aromatic carbocycles. The van der Waals surface area contributed by atoms with E-state index < -0.39 is 5.97 Å². The molecular weight excluding hydrogens is 476 g/mol. The zero-order valence-electron chi connectivity index (χ0n) is 21.4. The number of aryl methyl sites for hydroxylation is 2. The van der Waals surface area contributed by atoms with Crippen LogP contribution in [0.5, 0.6) is 0 Å². The highest BCUT2D eigenvalue weighted by atomic mass is 16.5. The van der Waals surface area contributed by atoms with Gasteiger partial charge in [-0.25, -0.2) is 4.79 Å². The number of rotatable bonds is 5. The molecule has 38 heavy (non-hydrogen) atoms. The van der Waals surface area contributed by atoms with Gasteiger partial charge in [0, 0.05) is 52.3 Å². The largest absolute Gasteiger partial charge is 0.478 e. The zero-order chi connectivity index (χ0) is 26.4. The van der Waals surface area contributed by atoms with Gasteiger partial charge in [-0.2, -0.15) is 0 Å². The summed E-state index contributed by atoms with van der Waals surface area (Å²) in [6, 6.07) is 13.1. The highest BCUT2D eigenvalue weighted by Crippen LogP contribution is 2.38. The number of nitrogens with zero attached hydrogens (tertiary/aromatic N) is 4. The van der Waals surface area contributed by atoms with Crippen molar-refractivity contribution in [2.45, 2.75) is 39.7 Å². The molecule has 0 bridgehead atoms. The van der Waals surface area contributed by atoms with Crippen molar-refractivity contribution in [2.75, 3.05) is 0 Å². The Balaban J connectivity index is 1.59. The summed E-state index contributed by atoms with van der Waals surface area (Å²) in [5, 5.41) is 13.7. The van der Waals surface area contributed by atoms with Crippen LogP contribution in [0.1, 0.15) is 58.9 Å². The Kier molecular flexibility index (Phi) is 5.80. The molecule has 7 nitrogen and oxygen atoms in total. The van der Waals surface area contributed by atoms with E-state index in [0.29, 0.717) is 11.5 Å². The third kappa shape index (κ3) is 4.24. The highest BCUT2D eigenvalue weighted by molar-refractivity contribution is 5.98. The van der Waals surface area contributed by atoms with Gasteiger partial charge in [-0.1, -0.05) is 29.1 Å². The quantitative estimate of drug-likeness (QED) is 0.278. The molecule has 1 saturated carbocycles. The number of hydrogen-bond donors (Lipinski definition) is 1. The Labute approximate surface area is 220 Å². The molecule has 1 N–H and O–H groups in total. The first-order chi connectivity index (χ1) is 18.4. The number of aromatic nitrogens is 4. The van der Waals surface area contributed by atoms with Gasteiger partial charge < -0.3 is 14.2 Å². The average Bonchev–Trinajstić information content (AvgIpc) is 3.60. The molecule has 188 valence electrons. The van der Waals surface area contributed by atoms with E-state index in [4.69, 9.17) is 9.51 Å². The van der Waals surface area contributed by atoms with Gasteiger partial charge in [-0.15, -0.1) is 0 Å². The molecule has 1 unspecified atom stereocenters. The van der Waals surface area contributed by atoms with Crippen molar-refractivity contribution in [1.29, 1.82) is 0 Å². The van der Waals surface area contributed by atoms with Crippen LogP contribution < -0.4 is 0 Å². The van der Waals surface area contributed by atoms with E-state index in [1.165, 1.54) is 0 Å². The van der Waals surface area contributed by atoms with Crippen LogP contribution in [-0.4, -0.2) is 30.8 Å². The van der Waals surface area contributed by atoms with E-state index in [0.717, 1.165) is 63.3 Å². The number of carboxylic acid groups (broad SMARTS) is 1. The van der Waals surface area contributed by atoms with Crippen molar-refractivity contribution in [3.63, 3.8) is 0 Å². The van der Waals surface area contributed by atoms with Crippen LogP contribution in [0.15, 0.2) is 65.6 Å². The van der Waals surface area contributed by atoms with Crippen molar-refractivity contribution >= 4 is 17.0 Å². The van der Waals surface area contributed by atoms with E-state index in [1.807, 2.05) is 44.3 Å². The number of pyridine rings is 2. The van der Waals surface area contributed by atoms with Gasteiger partial charge in [0.2, 0.25) is 0 Å². The fourth-order valence-electron chi connectivity index (χ4n) is 4.87. The van der Waals surface area contributed by atoms with Crippen molar-refractivity contribution in [3.8, 4) is 34.1 Å². The molecule has 0 spiro atoms. The first kappa shape index (κ1) is 23.7. The fraction of sp³-hybridized carbons (Fsp3) is 0.226. The van der Waals surface area contributed by atoms with Crippen molar-refractivity contribution in [2.24, 2.45) is 5.92 Å². The Morgan fingerprint density at radius 3 is 2.66 bits per heavy atom. The van der Waals surface area contributed by atoms with Crippen LogP contribution >= 0.6 is 0 Å². The van der Waals surface area contributed by atoms with Crippen molar-refractivity contribution in [3.05, 3.63) is 89.3 Å².